The van der Waals surface area contributed by atoms with Crippen LogP contribution in [0.4, 0.5) is 5.69 Å². The molecule has 144 valence electrons. The minimum absolute atomic E-state index is 0.0171. The maximum atomic E-state index is 13.4. The molecule has 4 nitrogen and oxygen atoms in total. The second-order valence-electron chi connectivity index (χ2n) is 10.3. The SMILES string of the molecule is CC(C)(C)[Si](C)(C)O/N=C1/C(=O)N([Si](C)(C)C(C)(C)C)c2ccccc21. The average molecular weight is 391 g/mol. The Morgan fingerprint density at radius 3 is 1.96 bits per heavy atom. The van der Waals surface area contributed by atoms with E-state index >= 15 is 0 Å². The van der Waals surface area contributed by atoms with E-state index in [0.29, 0.717) is 5.71 Å². The van der Waals surface area contributed by atoms with Gasteiger partial charge in [0.1, 0.15) is 0 Å². The van der Waals surface area contributed by atoms with Crippen molar-refractivity contribution >= 4 is 33.9 Å². The molecule has 1 aliphatic rings. The monoisotopic (exact) mass is 390 g/mol. The highest BCUT2D eigenvalue weighted by Crippen LogP contribution is 2.44. The molecule has 0 atom stereocenters. The molecule has 0 fully saturated rings. The van der Waals surface area contributed by atoms with Gasteiger partial charge in [-0.1, -0.05) is 78.0 Å². The van der Waals surface area contributed by atoms with E-state index < -0.39 is 16.6 Å². The van der Waals surface area contributed by atoms with Gasteiger partial charge in [0.2, 0.25) is 0 Å². The van der Waals surface area contributed by atoms with E-state index in [1.54, 1.807) is 0 Å². The van der Waals surface area contributed by atoms with Crippen molar-refractivity contribution in [3.05, 3.63) is 29.8 Å². The van der Waals surface area contributed by atoms with Gasteiger partial charge in [0.25, 0.3) is 14.2 Å². The molecule has 0 spiro atoms. The minimum Gasteiger partial charge on any atom is -0.454 e. The van der Waals surface area contributed by atoms with Crippen LogP contribution in [0, 0.1) is 0 Å². The molecular weight excluding hydrogens is 356 g/mol. The van der Waals surface area contributed by atoms with Gasteiger partial charge in [0.15, 0.2) is 13.9 Å². The third-order valence-electron chi connectivity index (χ3n) is 6.37. The lowest BCUT2D eigenvalue weighted by molar-refractivity contribution is -0.111. The van der Waals surface area contributed by atoms with Crippen LogP contribution in [-0.4, -0.2) is 28.2 Å². The van der Waals surface area contributed by atoms with Gasteiger partial charge in [0, 0.05) is 11.3 Å². The van der Waals surface area contributed by atoms with Crippen LogP contribution in [0.1, 0.15) is 47.1 Å². The molecule has 1 heterocycles. The molecule has 0 unspecified atom stereocenters. The summed E-state index contributed by atoms with van der Waals surface area (Å²) in [4.78, 5) is 13.4. The standard InChI is InChI=1S/C20H34N2O2Si2/c1-19(2,3)25(7,8)22-16-14-12-11-13-15(16)17(18(22)23)21-24-26(9,10)20(4,5)6/h11-14H,1-10H3/b21-17+. The van der Waals surface area contributed by atoms with Gasteiger partial charge in [-0.3, -0.25) is 4.79 Å². The van der Waals surface area contributed by atoms with E-state index in [-0.39, 0.29) is 16.0 Å². The molecule has 0 bridgehead atoms. The number of fused-ring (bicyclic) bond motifs is 1. The summed E-state index contributed by atoms with van der Waals surface area (Å²) in [6, 6.07) is 7.96. The quantitative estimate of drug-likeness (QED) is 0.486. The second kappa shape index (κ2) is 6.34. The minimum atomic E-state index is -2.08. The van der Waals surface area contributed by atoms with Crippen LogP contribution in [0.5, 0.6) is 0 Å². The van der Waals surface area contributed by atoms with Crippen LogP contribution in [-0.2, 0) is 9.32 Å². The highest BCUT2D eigenvalue weighted by Gasteiger charge is 2.50. The van der Waals surface area contributed by atoms with Gasteiger partial charge in [0.05, 0.1) is 0 Å². The van der Waals surface area contributed by atoms with Gasteiger partial charge >= 0.3 is 0 Å². The first-order valence-electron chi connectivity index (χ1n) is 9.31. The second-order valence-corrected chi connectivity index (χ2v) is 20.0. The van der Waals surface area contributed by atoms with Gasteiger partial charge in [-0.15, -0.1) is 0 Å². The van der Waals surface area contributed by atoms with Crippen LogP contribution in [0.2, 0.25) is 36.3 Å². The molecule has 26 heavy (non-hydrogen) atoms. The zero-order valence-electron chi connectivity index (χ0n) is 18.0. The third-order valence-corrected chi connectivity index (χ3v) is 15.8. The van der Waals surface area contributed by atoms with Gasteiger partial charge in [-0.2, -0.15) is 0 Å². The number of carbonyl (C=O) groups excluding carboxylic acids is 1. The first-order chi connectivity index (χ1) is 11.6. The van der Waals surface area contributed by atoms with Crippen LogP contribution < -0.4 is 4.57 Å². The van der Waals surface area contributed by atoms with E-state index in [9.17, 15) is 4.79 Å². The summed E-state index contributed by atoms with van der Waals surface area (Å²) in [5.74, 6) is -0.0171. The number of amides is 1. The van der Waals surface area contributed by atoms with Crippen molar-refractivity contribution in [3.8, 4) is 0 Å². The Balaban J connectivity index is 2.53. The van der Waals surface area contributed by atoms with E-state index in [4.69, 9.17) is 4.53 Å². The molecule has 1 aromatic carbocycles. The fourth-order valence-electron chi connectivity index (χ4n) is 2.47. The molecule has 0 aliphatic carbocycles. The van der Waals surface area contributed by atoms with E-state index in [1.165, 1.54) is 0 Å². The molecule has 6 heteroatoms. The summed E-state index contributed by atoms with van der Waals surface area (Å²) in [7, 11) is -4.16. The summed E-state index contributed by atoms with van der Waals surface area (Å²) >= 11 is 0. The molecule has 1 aromatic rings. The lowest BCUT2D eigenvalue weighted by Crippen LogP contribution is -2.57. The van der Waals surface area contributed by atoms with Crippen molar-refractivity contribution in [3.63, 3.8) is 0 Å². The number of carbonyl (C=O) groups is 1. The molecule has 0 radical (unpaired) electrons. The number of para-hydroxylation sites is 1. The Kier molecular flexibility index (Phi) is 5.09. The largest absolute Gasteiger partial charge is 0.454 e. The number of hydrogen-bond acceptors (Lipinski definition) is 3. The number of rotatable bonds is 3. The fourth-order valence-corrected chi connectivity index (χ4v) is 5.15. The van der Waals surface area contributed by atoms with Crippen molar-refractivity contribution in [1.82, 2.24) is 0 Å². The highest BCUT2D eigenvalue weighted by atomic mass is 28.4. The average Bonchev–Trinajstić information content (AvgIpc) is 2.75. The van der Waals surface area contributed by atoms with Crippen LogP contribution in [0.15, 0.2) is 29.4 Å². The van der Waals surface area contributed by atoms with E-state index in [1.807, 2.05) is 28.8 Å². The molecule has 0 N–H and O–H groups in total. The van der Waals surface area contributed by atoms with Gasteiger partial charge < -0.3 is 9.09 Å². The molecule has 2 rings (SSSR count). The van der Waals surface area contributed by atoms with Crippen molar-refractivity contribution < 1.29 is 9.32 Å². The van der Waals surface area contributed by atoms with E-state index in [2.05, 4.69) is 72.9 Å². The first-order valence-corrected chi connectivity index (χ1v) is 15.2. The molecule has 1 amide bonds. The number of nitrogens with zero attached hydrogens (tertiary/aromatic N) is 2. The van der Waals surface area contributed by atoms with Crippen LogP contribution in [0.25, 0.3) is 0 Å². The normalized spacial score (nSPS) is 17.7. The Bertz CT molecular complexity index is 741. The van der Waals surface area contributed by atoms with Crippen LogP contribution in [0.3, 0.4) is 0 Å². The summed E-state index contributed by atoms with van der Waals surface area (Å²) < 4.78 is 8.07. The fraction of sp³-hybridized carbons (Fsp3) is 0.600. The zero-order chi connectivity index (χ0) is 20.1. The van der Waals surface area contributed by atoms with Gasteiger partial charge in [-0.25, -0.2) is 0 Å². The maximum absolute atomic E-state index is 13.4. The van der Waals surface area contributed by atoms with Crippen molar-refractivity contribution in [2.45, 2.75) is 77.8 Å². The van der Waals surface area contributed by atoms with Crippen molar-refractivity contribution in [2.24, 2.45) is 5.16 Å². The third kappa shape index (κ3) is 3.41. The Labute approximate surface area is 160 Å². The predicted molar refractivity (Wildman–Crippen MR) is 116 cm³/mol. The maximum Gasteiger partial charge on any atom is 0.286 e. The van der Waals surface area contributed by atoms with Crippen LogP contribution >= 0.6 is 0 Å². The number of benzene rings is 1. The zero-order valence-corrected chi connectivity index (χ0v) is 20.0. The highest BCUT2D eigenvalue weighted by molar-refractivity contribution is 6.90. The van der Waals surface area contributed by atoms with Crippen molar-refractivity contribution in [2.75, 3.05) is 4.57 Å². The molecule has 0 aromatic heterocycles. The Morgan fingerprint density at radius 2 is 1.46 bits per heavy atom. The number of hydrogen-bond donors (Lipinski definition) is 0. The number of anilines is 1. The summed E-state index contributed by atoms with van der Waals surface area (Å²) in [5, 5.41) is 4.53. The summed E-state index contributed by atoms with van der Waals surface area (Å²) in [6.45, 7) is 22.0. The molecule has 0 saturated heterocycles. The smallest absolute Gasteiger partial charge is 0.286 e. The molecular formula is C20H34N2O2Si2. The first kappa shape index (κ1) is 20.9. The topological polar surface area (TPSA) is 41.9 Å². The van der Waals surface area contributed by atoms with Gasteiger partial charge in [-0.05, 0) is 29.2 Å². The molecule has 0 saturated carbocycles. The Morgan fingerprint density at radius 1 is 0.923 bits per heavy atom. The van der Waals surface area contributed by atoms with Crippen molar-refractivity contribution in [1.29, 1.82) is 0 Å². The van der Waals surface area contributed by atoms with E-state index in [0.717, 1.165) is 11.3 Å². The Hall–Kier alpha value is -1.41. The predicted octanol–water partition coefficient (Wildman–Crippen LogP) is 5.76. The summed E-state index contributed by atoms with van der Waals surface area (Å²) in [6.07, 6.45) is 0. The lowest BCUT2D eigenvalue weighted by Gasteiger charge is -2.43. The molecule has 1 aliphatic heterocycles. The lowest BCUT2D eigenvalue weighted by atomic mass is 10.1. The number of oxime groups is 1. The summed E-state index contributed by atoms with van der Waals surface area (Å²) in [5.41, 5.74) is 2.32.